The SMILES string of the molecule is CC(CCC(=O)OC(C)(C)C1CCNCC1)(c1ccc(O)cc1)c1ccc(OCC(C)(OC(=O)C(C)(c2ccccc2)c2ccccc2)C2CCNCC2)cc1. The molecule has 0 bridgehead atoms. The van der Waals surface area contributed by atoms with Gasteiger partial charge in [0, 0.05) is 23.7 Å². The number of carbonyl (C=O) groups is 2. The Morgan fingerprint density at radius 2 is 1.11 bits per heavy atom. The van der Waals surface area contributed by atoms with Crippen LogP contribution in [0.2, 0.25) is 0 Å². The predicted octanol–water partition coefficient (Wildman–Crippen LogP) is 8.49. The Kier molecular flexibility index (Phi) is 12.9. The monoisotopic (exact) mass is 760 g/mol. The zero-order valence-electron chi connectivity index (χ0n) is 33.8. The number of phenols is 1. The summed E-state index contributed by atoms with van der Waals surface area (Å²) in [5, 5.41) is 16.9. The molecular formula is C48H60N2O6. The molecule has 0 saturated carbocycles. The molecule has 2 fully saturated rings. The van der Waals surface area contributed by atoms with Gasteiger partial charge < -0.3 is 30.0 Å². The number of carbonyl (C=O) groups excluding carboxylic acids is 2. The number of piperidine rings is 2. The van der Waals surface area contributed by atoms with Crippen molar-refractivity contribution in [2.24, 2.45) is 11.8 Å². The fourth-order valence-electron chi connectivity index (χ4n) is 8.65. The lowest BCUT2D eigenvalue weighted by atomic mass is 9.73. The highest BCUT2D eigenvalue weighted by Crippen LogP contribution is 2.41. The Morgan fingerprint density at radius 3 is 1.62 bits per heavy atom. The molecule has 8 nitrogen and oxygen atoms in total. The fraction of sp³-hybridized carbons (Fsp3) is 0.458. The van der Waals surface area contributed by atoms with Gasteiger partial charge in [-0.05, 0) is 132 Å². The number of nitrogens with one attached hydrogen (secondary N) is 2. The Morgan fingerprint density at radius 1 is 0.625 bits per heavy atom. The van der Waals surface area contributed by atoms with Crippen LogP contribution < -0.4 is 15.4 Å². The van der Waals surface area contributed by atoms with Crippen molar-refractivity contribution in [2.75, 3.05) is 32.8 Å². The minimum absolute atomic E-state index is 0.0973. The molecular weight excluding hydrogens is 701 g/mol. The molecule has 4 aromatic carbocycles. The van der Waals surface area contributed by atoms with Crippen LogP contribution in [0.4, 0.5) is 0 Å². The molecule has 0 aromatic heterocycles. The fourth-order valence-corrected chi connectivity index (χ4v) is 8.65. The van der Waals surface area contributed by atoms with Gasteiger partial charge in [0.25, 0.3) is 0 Å². The summed E-state index contributed by atoms with van der Waals surface area (Å²) in [4.78, 5) is 28.0. The van der Waals surface area contributed by atoms with E-state index in [-0.39, 0.29) is 36.6 Å². The molecule has 56 heavy (non-hydrogen) atoms. The van der Waals surface area contributed by atoms with E-state index in [1.807, 2.05) is 125 Å². The van der Waals surface area contributed by atoms with Crippen molar-refractivity contribution >= 4 is 11.9 Å². The molecule has 3 N–H and O–H groups in total. The van der Waals surface area contributed by atoms with Gasteiger partial charge in [0.2, 0.25) is 0 Å². The standard InChI is InChI=1S/C48H60N2O6/c1-45(2,35-25-30-49-31-26-35)55-43(52)24-29-46(3,36-16-20-41(51)21-17-36)37-18-22-42(23-19-37)54-34-47(4,38-27-32-50-33-28-38)56-44(53)48(5,39-12-8-6-9-13-39)40-14-10-7-11-15-40/h6-23,35,38,49-51H,24-34H2,1-5H3. The van der Waals surface area contributed by atoms with E-state index in [0.29, 0.717) is 18.1 Å². The van der Waals surface area contributed by atoms with Crippen LogP contribution >= 0.6 is 0 Å². The van der Waals surface area contributed by atoms with E-state index >= 15 is 0 Å². The number of esters is 2. The first-order valence-electron chi connectivity index (χ1n) is 20.3. The zero-order chi connectivity index (χ0) is 39.8. The predicted molar refractivity (Wildman–Crippen MR) is 221 cm³/mol. The largest absolute Gasteiger partial charge is 0.508 e. The minimum atomic E-state index is -1.02. The van der Waals surface area contributed by atoms with Crippen LogP contribution in [0.25, 0.3) is 0 Å². The maximum atomic E-state index is 14.6. The van der Waals surface area contributed by atoms with E-state index < -0.39 is 22.0 Å². The maximum absolute atomic E-state index is 14.6. The average molecular weight is 761 g/mol. The van der Waals surface area contributed by atoms with Gasteiger partial charge in [0.15, 0.2) is 0 Å². The second-order valence-corrected chi connectivity index (χ2v) is 16.9. The van der Waals surface area contributed by atoms with Crippen LogP contribution in [-0.2, 0) is 29.9 Å². The van der Waals surface area contributed by atoms with Gasteiger partial charge in [-0.2, -0.15) is 0 Å². The summed E-state index contributed by atoms with van der Waals surface area (Å²) < 4.78 is 19.4. The van der Waals surface area contributed by atoms with Crippen molar-refractivity contribution in [3.8, 4) is 11.5 Å². The van der Waals surface area contributed by atoms with Gasteiger partial charge in [-0.1, -0.05) is 91.9 Å². The van der Waals surface area contributed by atoms with E-state index in [4.69, 9.17) is 14.2 Å². The number of hydrogen-bond acceptors (Lipinski definition) is 8. The number of hydrogen-bond donors (Lipinski definition) is 3. The minimum Gasteiger partial charge on any atom is -0.508 e. The van der Waals surface area contributed by atoms with Crippen LogP contribution in [0, 0.1) is 11.8 Å². The van der Waals surface area contributed by atoms with Gasteiger partial charge in [-0.25, -0.2) is 0 Å². The number of ether oxygens (including phenoxy) is 3. The quantitative estimate of drug-likeness (QED) is 0.104. The summed E-state index contributed by atoms with van der Waals surface area (Å²) in [7, 11) is 0. The molecule has 0 amide bonds. The van der Waals surface area contributed by atoms with E-state index in [1.165, 1.54) is 0 Å². The Labute approximate surface area is 333 Å². The molecule has 2 heterocycles. The summed E-state index contributed by atoms with van der Waals surface area (Å²) >= 11 is 0. The van der Waals surface area contributed by atoms with Crippen LogP contribution in [0.5, 0.6) is 11.5 Å². The van der Waals surface area contributed by atoms with Gasteiger partial charge in [-0.15, -0.1) is 0 Å². The van der Waals surface area contributed by atoms with E-state index in [9.17, 15) is 14.7 Å². The summed E-state index contributed by atoms with van der Waals surface area (Å²) in [5.41, 5.74) is 0.730. The van der Waals surface area contributed by atoms with Crippen LogP contribution in [0.15, 0.2) is 109 Å². The molecule has 4 aromatic rings. The summed E-state index contributed by atoms with van der Waals surface area (Å²) in [6, 6.07) is 34.9. The van der Waals surface area contributed by atoms with Crippen molar-refractivity contribution < 1.29 is 28.9 Å². The molecule has 2 unspecified atom stereocenters. The molecule has 0 spiro atoms. The lowest BCUT2D eigenvalue weighted by molar-refractivity contribution is -0.174. The van der Waals surface area contributed by atoms with Crippen molar-refractivity contribution in [3.63, 3.8) is 0 Å². The molecule has 2 atom stereocenters. The maximum Gasteiger partial charge on any atom is 0.321 e. The molecule has 2 saturated heterocycles. The number of aromatic hydroxyl groups is 1. The molecule has 298 valence electrons. The average Bonchev–Trinajstić information content (AvgIpc) is 3.23. The topological polar surface area (TPSA) is 106 Å². The summed E-state index contributed by atoms with van der Waals surface area (Å²) in [6.07, 6.45) is 4.46. The molecule has 0 aliphatic carbocycles. The van der Waals surface area contributed by atoms with Crippen molar-refractivity contribution in [3.05, 3.63) is 131 Å². The van der Waals surface area contributed by atoms with Crippen LogP contribution in [-0.4, -0.2) is 61.0 Å². The van der Waals surface area contributed by atoms with Gasteiger partial charge >= 0.3 is 11.9 Å². The molecule has 2 aliphatic heterocycles. The van der Waals surface area contributed by atoms with E-state index in [1.54, 1.807) is 12.1 Å². The summed E-state index contributed by atoms with van der Waals surface area (Å²) in [6.45, 7) is 13.9. The van der Waals surface area contributed by atoms with Gasteiger partial charge in [0.1, 0.15) is 34.7 Å². The third-order valence-electron chi connectivity index (χ3n) is 12.7. The van der Waals surface area contributed by atoms with Crippen molar-refractivity contribution in [1.29, 1.82) is 0 Å². The van der Waals surface area contributed by atoms with Crippen molar-refractivity contribution in [1.82, 2.24) is 10.6 Å². The first kappa shape index (κ1) is 41.0. The normalized spacial score (nSPS) is 17.9. The molecule has 6 rings (SSSR count). The number of rotatable bonds is 15. The van der Waals surface area contributed by atoms with Gasteiger partial charge in [0.05, 0.1) is 0 Å². The lowest BCUT2D eigenvalue weighted by Gasteiger charge is -2.41. The number of phenolic OH excluding ortho intramolecular Hbond substituents is 1. The zero-order valence-corrected chi connectivity index (χ0v) is 33.8. The van der Waals surface area contributed by atoms with Crippen LogP contribution in [0.1, 0.15) is 95.4 Å². The first-order valence-corrected chi connectivity index (χ1v) is 20.3. The highest BCUT2D eigenvalue weighted by molar-refractivity contribution is 5.87. The summed E-state index contributed by atoms with van der Waals surface area (Å²) in [5.74, 6) is 0.752. The smallest absolute Gasteiger partial charge is 0.321 e. The van der Waals surface area contributed by atoms with E-state index in [2.05, 4.69) is 17.6 Å². The molecule has 2 aliphatic rings. The Balaban J connectivity index is 1.21. The lowest BCUT2D eigenvalue weighted by Crippen LogP contribution is -2.51. The second-order valence-electron chi connectivity index (χ2n) is 16.9. The second kappa shape index (κ2) is 17.6. The first-order chi connectivity index (χ1) is 26.8. The third-order valence-corrected chi connectivity index (χ3v) is 12.7. The molecule has 0 radical (unpaired) electrons. The molecule has 8 heteroatoms. The van der Waals surface area contributed by atoms with Crippen LogP contribution in [0.3, 0.4) is 0 Å². The highest BCUT2D eigenvalue weighted by atomic mass is 16.6. The third kappa shape index (κ3) is 9.30. The van der Waals surface area contributed by atoms with Crippen molar-refractivity contribution in [2.45, 2.75) is 95.2 Å². The Hall–Kier alpha value is -4.66. The van der Waals surface area contributed by atoms with E-state index in [0.717, 1.165) is 74.1 Å². The Bertz CT molecular complexity index is 1830. The highest BCUT2D eigenvalue weighted by Gasteiger charge is 2.46. The number of benzene rings is 4. The van der Waals surface area contributed by atoms with Gasteiger partial charge in [-0.3, -0.25) is 9.59 Å².